The molecule has 0 aliphatic carbocycles. The van der Waals surface area contributed by atoms with E-state index in [1.165, 1.54) is 13.2 Å². The number of rotatable bonds is 4. The van der Waals surface area contributed by atoms with Crippen molar-refractivity contribution in [2.24, 2.45) is 0 Å². The number of hydrogen-bond donors (Lipinski definition) is 1. The number of nitrogens with zero attached hydrogens (tertiary/aromatic N) is 1. The van der Waals surface area contributed by atoms with Crippen LogP contribution in [0.2, 0.25) is 5.02 Å². The first-order chi connectivity index (χ1) is 9.65. The predicted molar refractivity (Wildman–Crippen MR) is 76.4 cm³/mol. The van der Waals surface area contributed by atoms with Crippen molar-refractivity contribution in [3.8, 4) is 11.8 Å². The zero-order valence-electron chi connectivity index (χ0n) is 10.7. The SMILES string of the molecule is COc1ccc(C(C#N)Nc2ccccc2F)cc1Cl. The fraction of sp³-hybridized carbons (Fsp3) is 0.133. The summed E-state index contributed by atoms with van der Waals surface area (Å²) in [5.41, 5.74) is 0.910. The zero-order valence-corrected chi connectivity index (χ0v) is 11.5. The van der Waals surface area contributed by atoms with Crippen LogP contribution in [0.1, 0.15) is 11.6 Å². The minimum absolute atomic E-state index is 0.269. The Kier molecular flexibility index (Phi) is 4.44. The monoisotopic (exact) mass is 290 g/mol. The highest BCUT2D eigenvalue weighted by Crippen LogP contribution is 2.29. The van der Waals surface area contributed by atoms with Gasteiger partial charge in [0.1, 0.15) is 17.6 Å². The molecular weight excluding hydrogens is 279 g/mol. The third-order valence-electron chi connectivity index (χ3n) is 2.81. The molecule has 0 saturated heterocycles. The summed E-state index contributed by atoms with van der Waals surface area (Å²) >= 11 is 6.03. The Morgan fingerprint density at radius 2 is 2.05 bits per heavy atom. The third kappa shape index (κ3) is 3.01. The maximum absolute atomic E-state index is 13.6. The average molecular weight is 291 g/mol. The maximum atomic E-state index is 13.6. The Bertz CT molecular complexity index is 655. The number of nitriles is 1. The molecule has 0 bridgehead atoms. The van der Waals surface area contributed by atoms with Crippen molar-refractivity contribution in [3.05, 3.63) is 58.9 Å². The van der Waals surface area contributed by atoms with E-state index in [1.54, 1.807) is 36.4 Å². The summed E-state index contributed by atoms with van der Waals surface area (Å²) in [6.07, 6.45) is 0. The Morgan fingerprint density at radius 1 is 1.30 bits per heavy atom. The van der Waals surface area contributed by atoms with Crippen molar-refractivity contribution in [2.45, 2.75) is 6.04 Å². The van der Waals surface area contributed by atoms with Crippen molar-refractivity contribution in [2.75, 3.05) is 12.4 Å². The summed E-state index contributed by atoms with van der Waals surface area (Å²) in [6.45, 7) is 0. The van der Waals surface area contributed by atoms with Crippen LogP contribution in [0.3, 0.4) is 0 Å². The highest BCUT2D eigenvalue weighted by molar-refractivity contribution is 6.32. The summed E-state index contributed by atoms with van der Waals surface area (Å²) < 4.78 is 18.6. The Labute approximate surface area is 121 Å². The van der Waals surface area contributed by atoms with Crippen LogP contribution in [0, 0.1) is 17.1 Å². The summed E-state index contributed by atoms with van der Waals surface area (Å²) in [7, 11) is 1.51. The molecule has 3 nitrogen and oxygen atoms in total. The molecule has 0 spiro atoms. The first-order valence-corrected chi connectivity index (χ1v) is 6.27. The van der Waals surface area contributed by atoms with Crippen LogP contribution in [0.25, 0.3) is 0 Å². The van der Waals surface area contributed by atoms with Crippen LogP contribution in [-0.4, -0.2) is 7.11 Å². The van der Waals surface area contributed by atoms with E-state index in [0.29, 0.717) is 16.3 Å². The molecule has 0 radical (unpaired) electrons. The van der Waals surface area contributed by atoms with Crippen LogP contribution < -0.4 is 10.1 Å². The molecule has 2 aromatic carbocycles. The second-order valence-corrected chi connectivity index (χ2v) is 4.49. The maximum Gasteiger partial charge on any atom is 0.146 e. The molecule has 0 aliphatic heterocycles. The minimum Gasteiger partial charge on any atom is -0.495 e. The van der Waals surface area contributed by atoms with Crippen molar-refractivity contribution >= 4 is 17.3 Å². The standard InChI is InChI=1S/C15H12ClFN2O/c1-20-15-7-6-10(8-11(15)16)14(9-18)19-13-5-3-2-4-12(13)17/h2-8,14,19H,1H3. The second kappa shape index (κ2) is 6.27. The Balaban J connectivity index is 2.27. The highest BCUT2D eigenvalue weighted by atomic mass is 35.5. The van der Waals surface area contributed by atoms with E-state index in [2.05, 4.69) is 11.4 Å². The number of ether oxygens (including phenoxy) is 1. The molecule has 1 N–H and O–H groups in total. The normalized spacial score (nSPS) is 11.5. The molecule has 1 unspecified atom stereocenters. The largest absolute Gasteiger partial charge is 0.495 e. The lowest BCUT2D eigenvalue weighted by Crippen LogP contribution is -2.09. The lowest BCUT2D eigenvalue weighted by molar-refractivity contribution is 0.415. The van der Waals surface area contributed by atoms with Gasteiger partial charge < -0.3 is 10.1 Å². The average Bonchev–Trinajstić information content (AvgIpc) is 2.46. The third-order valence-corrected chi connectivity index (χ3v) is 3.11. The number of benzene rings is 2. The van der Waals surface area contributed by atoms with Crippen molar-refractivity contribution in [1.29, 1.82) is 5.26 Å². The summed E-state index contributed by atoms with van der Waals surface area (Å²) in [6, 6.07) is 12.6. The Morgan fingerprint density at radius 3 is 2.65 bits per heavy atom. The van der Waals surface area contributed by atoms with Gasteiger partial charge in [-0.2, -0.15) is 5.26 Å². The van der Waals surface area contributed by atoms with Gasteiger partial charge in [0.15, 0.2) is 0 Å². The van der Waals surface area contributed by atoms with E-state index in [4.69, 9.17) is 16.3 Å². The predicted octanol–water partition coefficient (Wildman–Crippen LogP) is 4.16. The molecule has 102 valence electrons. The van der Waals surface area contributed by atoms with Gasteiger partial charge in [0.2, 0.25) is 0 Å². The first kappa shape index (κ1) is 14.2. The van der Waals surface area contributed by atoms with Crippen molar-refractivity contribution in [3.63, 3.8) is 0 Å². The topological polar surface area (TPSA) is 45.0 Å². The van der Waals surface area contributed by atoms with E-state index in [-0.39, 0.29) is 5.69 Å². The molecule has 2 aromatic rings. The van der Waals surface area contributed by atoms with Crippen molar-refractivity contribution in [1.82, 2.24) is 0 Å². The van der Waals surface area contributed by atoms with Gasteiger partial charge in [-0.15, -0.1) is 0 Å². The van der Waals surface area contributed by atoms with Crippen LogP contribution in [-0.2, 0) is 0 Å². The molecule has 0 heterocycles. The number of methoxy groups -OCH3 is 1. The van der Waals surface area contributed by atoms with E-state index in [0.717, 1.165) is 0 Å². The minimum atomic E-state index is -0.699. The quantitative estimate of drug-likeness (QED) is 0.919. The van der Waals surface area contributed by atoms with Gasteiger partial charge in [0.25, 0.3) is 0 Å². The fourth-order valence-electron chi connectivity index (χ4n) is 1.79. The van der Waals surface area contributed by atoms with E-state index in [1.807, 2.05) is 0 Å². The number of para-hydroxylation sites is 1. The molecule has 20 heavy (non-hydrogen) atoms. The van der Waals surface area contributed by atoms with Crippen LogP contribution >= 0.6 is 11.6 Å². The zero-order chi connectivity index (χ0) is 14.5. The molecule has 0 saturated carbocycles. The van der Waals surface area contributed by atoms with Crippen molar-refractivity contribution < 1.29 is 9.13 Å². The second-order valence-electron chi connectivity index (χ2n) is 4.08. The molecular formula is C15H12ClFN2O. The molecule has 0 aliphatic rings. The van der Waals surface area contributed by atoms with E-state index < -0.39 is 11.9 Å². The molecule has 2 rings (SSSR count). The van der Waals surface area contributed by atoms with E-state index >= 15 is 0 Å². The number of halogens is 2. The summed E-state index contributed by atoms with van der Waals surface area (Å²) in [4.78, 5) is 0. The molecule has 5 heteroatoms. The Hall–Kier alpha value is -2.25. The van der Waals surface area contributed by atoms with Gasteiger partial charge in [0.05, 0.1) is 23.9 Å². The number of anilines is 1. The van der Waals surface area contributed by atoms with Gasteiger partial charge >= 0.3 is 0 Å². The van der Waals surface area contributed by atoms with Gasteiger partial charge in [0, 0.05) is 0 Å². The van der Waals surface area contributed by atoms with Gasteiger partial charge in [-0.3, -0.25) is 0 Å². The summed E-state index contributed by atoms with van der Waals surface area (Å²) in [5, 5.41) is 12.5. The van der Waals surface area contributed by atoms with Crippen LogP contribution in [0.15, 0.2) is 42.5 Å². The van der Waals surface area contributed by atoms with Gasteiger partial charge in [-0.1, -0.05) is 29.8 Å². The molecule has 0 amide bonds. The lowest BCUT2D eigenvalue weighted by Gasteiger charge is -2.15. The summed E-state index contributed by atoms with van der Waals surface area (Å²) in [5.74, 6) is 0.116. The lowest BCUT2D eigenvalue weighted by atomic mass is 10.1. The van der Waals surface area contributed by atoms with E-state index in [9.17, 15) is 9.65 Å². The van der Waals surface area contributed by atoms with Gasteiger partial charge in [-0.25, -0.2) is 4.39 Å². The number of nitrogens with one attached hydrogen (secondary N) is 1. The molecule has 0 fully saturated rings. The first-order valence-electron chi connectivity index (χ1n) is 5.90. The van der Waals surface area contributed by atoms with Gasteiger partial charge in [-0.05, 0) is 29.8 Å². The molecule has 0 aromatic heterocycles. The molecule has 1 atom stereocenters. The fourth-order valence-corrected chi connectivity index (χ4v) is 2.05. The smallest absolute Gasteiger partial charge is 0.146 e. The number of hydrogen-bond acceptors (Lipinski definition) is 3. The highest BCUT2D eigenvalue weighted by Gasteiger charge is 2.14. The van der Waals surface area contributed by atoms with Crippen LogP contribution in [0.4, 0.5) is 10.1 Å². The van der Waals surface area contributed by atoms with Crippen LogP contribution in [0.5, 0.6) is 5.75 Å².